The second kappa shape index (κ2) is 8.29. The number of rotatable bonds is 5. The first-order valence-electron chi connectivity index (χ1n) is 8.66. The third-order valence-electron chi connectivity index (χ3n) is 4.36. The summed E-state index contributed by atoms with van der Waals surface area (Å²) in [5, 5.41) is 6.20. The Labute approximate surface area is 147 Å². The smallest absolute Gasteiger partial charge is 0.255 e. The molecule has 1 aliphatic rings. The molecule has 1 aliphatic carbocycles. The molecule has 0 atom stereocenters. The van der Waals surface area contributed by atoms with E-state index in [0.29, 0.717) is 17.9 Å². The minimum Gasteiger partial charge on any atom is -0.486 e. The fourth-order valence-corrected chi connectivity index (χ4v) is 3.69. The van der Waals surface area contributed by atoms with Crippen molar-refractivity contribution in [2.24, 2.45) is 0 Å². The van der Waals surface area contributed by atoms with Crippen molar-refractivity contribution in [3.05, 3.63) is 45.9 Å². The molecule has 128 valence electrons. The molecule has 2 aromatic rings. The normalized spacial score (nSPS) is 15.7. The molecule has 0 aliphatic heterocycles. The van der Waals surface area contributed by atoms with Crippen LogP contribution in [0.2, 0.25) is 0 Å². The van der Waals surface area contributed by atoms with E-state index in [2.05, 4.69) is 10.3 Å². The number of thiazole rings is 1. The SMILES string of the molecule is Cc1nc(COc2ccccc2C(=O)NC2CCCCCC2)cs1. The average Bonchev–Trinajstić information content (AvgIpc) is 2.84. The van der Waals surface area contributed by atoms with E-state index in [1.807, 2.05) is 36.6 Å². The van der Waals surface area contributed by atoms with Crippen LogP contribution in [0.1, 0.15) is 59.6 Å². The summed E-state index contributed by atoms with van der Waals surface area (Å²) in [6.07, 6.45) is 7.11. The Bertz CT molecular complexity index is 676. The maximum atomic E-state index is 12.7. The quantitative estimate of drug-likeness (QED) is 0.814. The predicted molar refractivity (Wildman–Crippen MR) is 96.6 cm³/mol. The van der Waals surface area contributed by atoms with Crippen molar-refractivity contribution in [1.82, 2.24) is 10.3 Å². The monoisotopic (exact) mass is 344 g/mol. The average molecular weight is 344 g/mol. The van der Waals surface area contributed by atoms with Crippen molar-refractivity contribution in [3.63, 3.8) is 0 Å². The van der Waals surface area contributed by atoms with Gasteiger partial charge in [-0.15, -0.1) is 11.3 Å². The first-order chi connectivity index (χ1) is 11.7. The van der Waals surface area contributed by atoms with Crippen molar-refractivity contribution < 1.29 is 9.53 Å². The molecule has 1 aromatic heterocycles. The van der Waals surface area contributed by atoms with Crippen molar-refractivity contribution in [2.75, 3.05) is 0 Å². The van der Waals surface area contributed by atoms with E-state index in [4.69, 9.17) is 4.74 Å². The molecule has 1 amide bonds. The van der Waals surface area contributed by atoms with Crippen LogP contribution in [0.3, 0.4) is 0 Å². The van der Waals surface area contributed by atoms with Crippen LogP contribution in [-0.2, 0) is 6.61 Å². The maximum Gasteiger partial charge on any atom is 0.255 e. The van der Waals surface area contributed by atoms with Crippen LogP contribution in [-0.4, -0.2) is 16.9 Å². The highest BCUT2D eigenvalue weighted by molar-refractivity contribution is 7.09. The molecule has 0 bridgehead atoms. The van der Waals surface area contributed by atoms with Crippen LogP contribution in [0, 0.1) is 6.92 Å². The summed E-state index contributed by atoms with van der Waals surface area (Å²) in [7, 11) is 0. The second-order valence-corrected chi connectivity index (χ2v) is 7.37. The van der Waals surface area contributed by atoms with Crippen molar-refractivity contribution >= 4 is 17.2 Å². The standard InChI is InChI=1S/C19H24N2O2S/c1-14-20-16(13-24-14)12-23-18-11-7-6-10-17(18)19(22)21-15-8-4-2-3-5-9-15/h6-7,10-11,13,15H,2-5,8-9,12H2,1H3,(H,21,22). The molecule has 3 rings (SSSR count). The minimum absolute atomic E-state index is 0.0352. The Morgan fingerprint density at radius 2 is 2.00 bits per heavy atom. The lowest BCUT2D eigenvalue weighted by molar-refractivity contribution is 0.0928. The van der Waals surface area contributed by atoms with E-state index < -0.39 is 0 Å². The van der Waals surface area contributed by atoms with Crippen molar-refractivity contribution in [1.29, 1.82) is 0 Å². The van der Waals surface area contributed by atoms with Crippen LogP contribution in [0.15, 0.2) is 29.6 Å². The highest BCUT2D eigenvalue weighted by atomic mass is 32.1. The number of benzene rings is 1. The van der Waals surface area contributed by atoms with E-state index >= 15 is 0 Å². The molecule has 1 fully saturated rings. The topological polar surface area (TPSA) is 51.2 Å². The summed E-state index contributed by atoms with van der Waals surface area (Å²) in [6, 6.07) is 7.73. The zero-order valence-corrected chi connectivity index (χ0v) is 14.9. The molecule has 0 spiro atoms. The number of carbonyl (C=O) groups is 1. The molecule has 5 heteroatoms. The molecule has 1 aromatic carbocycles. The van der Waals surface area contributed by atoms with E-state index in [1.165, 1.54) is 25.7 Å². The van der Waals surface area contributed by atoms with Gasteiger partial charge in [-0.1, -0.05) is 37.8 Å². The highest BCUT2D eigenvalue weighted by Crippen LogP contribution is 2.22. The zero-order valence-electron chi connectivity index (χ0n) is 14.1. The second-order valence-electron chi connectivity index (χ2n) is 6.30. The fourth-order valence-electron chi connectivity index (χ4n) is 3.09. The summed E-state index contributed by atoms with van der Waals surface area (Å²) in [6.45, 7) is 2.36. The molecule has 1 saturated carbocycles. The molecule has 0 unspecified atom stereocenters. The number of para-hydroxylation sites is 1. The highest BCUT2D eigenvalue weighted by Gasteiger charge is 2.18. The van der Waals surface area contributed by atoms with E-state index in [1.54, 1.807) is 11.3 Å². The van der Waals surface area contributed by atoms with Crippen molar-refractivity contribution in [3.8, 4) is 5.75 Å². The number of aromatic nitrogens is 1. The third-order valence-corrected chi connectivity index (χ3v) is 5.19. The van der Waals surface area contributed by atoms with Gasteiger partial charge in [0.2, 0.25) is 0 Å². The Morgan fingerprint density at radius 1 is 1.25 bits per heavy atom. The maximum absolute atomic E-state index is 12.7. The lowest BCUT2D eigenvalue weighted by atomic mass is 10.1. The summed E-state index contributed by atoms with van der Waals surface area (Å²) >= 11 is 1.60. The van der Waals surface area contributed by atoms with Gasteiger partial charge in [0.15, 0.2) is 0 Å². The number of carbonyl (C=O) groups excluding carboxylic acids is 1. The number of ether oxygens (including phenoxy) is 1. The molecule has 0 radical (unpaired) electrons. The Morgan fingerprint density at radius 3 is 2.71 bits per heavy atom. The fraction of sp³-hybridized carbons (Fsp3) is 0.474. The van der Waals surface area contributed by atoms with Crippen LogP contribution in [0.5, 0.6) is 5.75 Å². The van der Waals surface area contributed by atoms with Crippen LogP contribution in [0.4, 0.5) is 0 Å². The van der Waals surface area contributed by atoms with E-state index in [0.717, 1.165) is 23.5 Å². The number of hydrogen-bond donors (Lipinski definition) is 1. The Hall–Kier alpha value is -1.88. The number of nitrogens with zero attached hydrogens (tertiary/aromatic N) is 1. The predicted octanol–water partition coefficient (Wildman–Crippen LogP) is 4.48. The van der Waals surface area contributed by atoms with Gasteiger partial charge in [0, 0.05) is 11.4 Å². The van der Waals surface area contributed by atoms with Gasteiger partial charge in [0.1, 0.15) is 12.4 Å². The molecule has 24 heavy (non-hydrogen) atoms. The molecular formula is C19H24N2O2S. The van der Waals surface area contributed by atoms with Gasteiger partial charge in [-0.05, 0) is 31.9 Å². The molecule has 1 heterocycles. The molecular weight excluding hydrogens is 320 g/mol. The minimum atomic E-state index is -0.0352. The summed E-state index contributed by atoms with van der Waals surface area (Å²) in [4.78, 5) is 17.1. The Kier molecular flexibility index (Phi) is 5.86. The zero-order chi connectivity index (χ0) is 16.8. The molecule has 1 N–H and O–H groups in total. The van der Waals surface area contributed by atoms with Gasteiger partial charge in [-0.2, -0.15) is 0 Å². The van der Waals surface area contributed by atoms with Gasteiger partial charge in [-0.25, -0.2) is 4.98 Å². The van der Waals surface area contributed by atoms with E-state index in [9.17, 15) is 4.79 Å². The third kappa shape index (κ3) is 4.57. The summed E-state index contributed by atoms with van der Waals surface area (Å²) < 4.78 is 5.85. The van der Waals surface area contributed by atoms with Gasteiger partial charge >= 0.3 is 0 Å². The number of nitrogens with one attached hydrogen (secondary N) is 1. The van der Waals surface area contributed by atoms with Gasteiger partial charge in [0.05, 0.1) is 16.3 Å². The van der Waals surface area contributed by atoms with Gasteiger partial charge in [0.25, 0.3) is 5.91 Å². The largest absolute Gasteiger partial charge is 0.486 e. The van der Waals surface area contributed by atoms with Gasteiger partial charge in [-0.3, -0.25) is 4.79 Å². The van der Waals surface area contributed by atoms with Gasteiger partial charge < -0.3 is 10.1 Å². The number of aryl methyl sites for hydroxylation is 1. The summed E-state index contributed by atoms with van der Waals surface area (Å²) in [5.74, 6) is 0.584. The number of hydrogen-bond acceptors (Lipinski definition) is 4. The Balaban J connectivity index is 1.65. The lowest BCUT2D eigenvalue weighted by Crippen LogP contribution is -2.34. The van der Waals surface area contributed by atoms with E-state index in [-0.39, 0.29) is 11.9 Å². The van der Waals surface area contributed by atoms with Crippen LogP contribution >= 0.6 is 11.3 Å². The first-order valence-corrected chi connectivity index (χ1v) is 9.54. The molecule has 4 nitrogen and oxygen atoms in total. The van der Waals surface area contributed by atoms with Crippen LogP contribution in [0.25, 0.3) is 0 Å². The number of amides is 1. The summed E-state index contributed by atoms with van der Waals surface area (Å²) in [5.41, 5.74) is 1.50. The van der Waals surface area contributed by atoms with Crippen LogP contribution < -0.4 is 10.1 Å². The molecule has 0 saturated heterocycles. The van der Waals surface area contributed by atoms with Crippen molar-refractivity contribution in [2.45, 2.75) is 58.1 Å². The lowest BCUT2D eigenvalue weighted by Gasteiger charge is -2.17. The first kappa shape index (κ1) is 17.0.